The molecule has 5 N–H and O–H groups in total. The third-order valence-corrected chi connectivity index (χ3v) is 19.1. The average molecular weight is 1610 g/mol. The Labute approximate surface area is 667 Å². The van der Waals surface area contributed by atoms with Crippen LogP contribution >= 0.6 is 0 Å². The summed E-state index contributed by atoms with van der Waals surface area (Å²) in [7, 11) is 9.45. The van der Waals surface area contributed by atoms with E-state index < -0.39 is 205 Å². The molecule has 0 aliphatic carbocycles. The zero-order valence-corrected chi connectivity index (χ0v) is 71.2. The lowest BCUT2D eigenvalue weighted by atomic mass is 9.91. The lowest BCUT2D eigenvalue weighted by Crippen LogP contribution is -2.64. The molecule has 0 aromatic carbocycles. The number of amides is 11. The Hall–Kier alpha value is -9.02. The van der Waals surface area contributed by atoms with Gasteiger partial charge >= 0.3 is 30.0 Å². The van der Waals surface area contributed by atoms with Gasteiger partial charge in [0.15, 0.2) is 0 Å². The maximum absolute atomic E-state index is 15.8. The fourth-order valence-corrected chi connectivity index (χ4v) is 12.5. The van der Waals surface area contributed by atoms with E-state index in [1.54, 1.807) is 60.6 Å². The number of hydrogen-bond acceptors (Lipinski definition) is 23. The predicted molar refractivity (Wildman–Crippen MR) is 414 cm³/mol. The Morgan fingerprint density at radius 1 is 0.451 bits per heavy atom. The molecule has 1 aliphatic heterocycles. The zero-order valence-electron chi connectivity index (χ0n) is 71.2. The number of ether oxygens (including phenoxy) is 7. The molecule has 10 unspecified atom stereocenters. The molecule has 0 saturated carbocycles. The van der Waals surface area contributed by atoms with Crippen molar-refractivity contribution in [3.63, 3.8) is 0 Å². The van der Waals surface area contributed by atoms with Gasteiger partial charge in [-0.3, -0.25) is 71.9 Å². The number of carboxylic acids is 1. The highest BCUT2D eigenvalue weighted by atomic mass is 16.8. The second kappa shape index (κ2) is 51.0. The lowest BCUT2D eigenvalue weighted by Gasteiger charge is -2.42. The summed E-state index contributed by atoms with van der Waals surface area (Å²) in [6.07, 6.45) is -1.21. The van der Waals surface area contributed by atoms with E-state index >= 15 is 19.2 Å². The molecule has 113 heavy (non-hydrogen) atoms. The van der Waals surface area contributed by atoms with Crippen LogP contribution in [0, 0.1) is 41.4 Å². The first-order valence-corrected chi connectivity index (χ1v) is 39.0. The highest BCUT2D eigenvalue weighted by molar-refractivity contribution is 6.00. The van der Waals surface area contributed by atoms with Gasteiger partial charge in [-0.25, -0.2) is 4.79 Å². The van der Waals surface area contributed by atoms with Crippen molar-refractivity contribution in [1.29, 1.82) is 0 Å². The molecule has 11 amide bonds. The first-order chi connectivity index (χ1) is 52.7. The fourth-order valence-electron chi connectivity index (χ4n) is 12.5. The molecule has 12 atom stereocenters. The van der Waals surface area contributed by atoms with E-state index in [-0.39, 0.29) is 115 Å². The van der Waals surface area contributed by atoms with Crippen molar-refractivity contribution in [3.8, 4) is 0 Å². The first-order valence-electron chi connectivity index (χ1n) is 39.0. The van der Waals surface area contributed by atoms with Gasteiger partial charge < -0.3 is 93.8 Å². The summed E-state index contributed by atoms with van der Waals surface area (Å²) < 4.78 is 36.9. The Bertz CT molecular complexity index is 3200. The van der Waals surface area contributed by atoms with Crippen LogP contribution in [-0.4, -0.2) is 303 Å². The molecule has 0 radical (unpaired) electrons. The van der Waals surface area contributed by atoms with Crippen LogP contribution in [0.1, 0.15) is 182 Å². The number of carboxylic acid groups (broad SMARTS) is 1. The number of likely N-dealkylation sites (N-methyl/N-ethyl adjacent to an activating group) is 7. The average Bonchev–Trinajstić information content (AvgIpc) is 0.802. The summed E-state index contributed by atoms with van der Waals surface area (Å²) in [5, 5.41) is 19.6. The van der Waals surface area contributed by atoms with Crippen molar-refractivity contribution >= 4 is 95.0 Å². The number of carbonyl (C=O) groups excluding carboxylic acids is 15. The molecule has 644 valence electrons. The van der Waals surface area contributed by atoms with Gasteiger partial charge in [-0.2, -0.15) is 0 Å². The third kappa shape index (κ3) is 34.7. The summed E-state index contributed by atoms with van der Waals surface area (Å²) in [5.41, 5.74) is 0. The zero-order chi connectivity index (χ0) is 86.6. The number of nitrogens with one attached hydrogen (secondary N) is 4. The first kappa shape index (κ1) is 102. The lowest BCUT2D eigenvalue weighted by molar-refractivity contribution is -0.160. The maximum atomic E-state index is 15.8. The second-order valence-electron chi connectivity index (χ2n) is 31.3. The van der Waals surface area contributed by atoms with E-state index in [2.05, 4.69) is 21.3 Å². The molecule has 0 aromatic heterocycles. The van der Waals surface area contributed by atoms with Crippen molar-refractivity contribution < 1.29 is 115 Å². The number of esters is 3. The van der Waals surface area contributed by atoms with Crippen LogP contribution in [0.5, 0.6) is 0 Å². The highest BCUT2D eigenvalue weighted by Gasteiger charge is 2.47. The summed E-state index contributed by atoms with van der Waals surface area (Å²) in [4.78, 5) is 233. The van der Waals surface area contributed by atoms with Crippen LogP contribution in [0.4, 0.5) is 4.79 Å². The van der Waals surface area contributed by atoms with Gasteiger partial charge in [-0.1, -0.05) is 109 Å². The van der Waals surface area contributed by atoms with E-state index in [1.807, 2.05) is 55.4 Å². The van der Waals surface area contributed by atoms with E-state index in [0.29, 0.717) is 0 Å². The van der Waals surface area contributed by atoms with Crippen LogP contribution in [0.15, 0.2) is 12.2 Å². The van der Waals surface area contributed by atoms with E-state index in [1.165, 1.54) is 77.9 Å². The monoisotopic (exact) mass is 1610 g/mol. The van der Waals surface area contributed by atoms with Gasteiger partial charge in [-0.15, -0.1) is 0 Å². The van der Waals surface area contributed by atoms with Gasteiger partial charge in [-0.05, 0) is 101 Å². The van der Waals surface area contributed by atoms with Crippen molar-refractivity contribution in [2.75, 3.05) is 102 Å². The standard InChI is InChI=1S/C78H133N11O24/c1-25-27-28-51(15)67(113-78(106)112-44-111-63(95)32-31-62(94)110-38-36-108-34-33-107-35-37-109-61(93)30-29-60(91)92)66-71(99)81-54(26-2)73(101)83(18)43-59(90)84(19)55(39-45(3)4)70(98)82-64(49(11)12)76(104)85(20)56(40-46(5)6)69(97)79-52(16)68(96)80-53(17)72(100)86(21)57(41-47(7)8)74(102)87(22)58(42-48(9)10)75(103)88(23)65(50(13)14)77(105)89(66)24/h25,27,45-58,64-67H,26,28-44H2,1-24H3,(H,79,97)(H,80,96)(H,81,99)(H,82,98)(H,91,92)/b27-25+/t51-,52?,53?,54?,55+,56?,57?,58?,64?,65?,66?,67?/m1/s1. The summed E-state index contributed by atoms with van der Waals surface area (Å²) >= 11 is 0. The number of hydrogen-bond donors (Lipinski definition) is 5. The topological polar surface area (TPSA) is 429 Å². The Morgan fingerprint density at radius 3 is 1.35 bits per heavy atom. The number of allylic oxidation sites excluding steroid dienone is 2. The number of aliphatic carboxylic acids is 1. The second-order valence-corrected chi connectivity index (χ2v) is 31.3. The van der Waals surface area contributed by atoms with Gasteiger partial charge in [0, 0.05) is 49.3 Å². The van der Waals surface area contributed by atoms with Crippen LogP contribution < -0.4 is 21.3 Å². The number of carbonyl (C=O) groups is 16. The summed E-state index contributed by atoms with van der Waals surface area (Å²) in [6.45, 7) is 27.1. The van der Waals surface area contributed by atoms with Crippen LogP contribution in [0.25, 0.3) is 0 Å². The molecule has 1 fully saturated rings. The van der Waals surface area contributed by atoms with Gasteiger partial charge in [0.1, 0.15) is 79.7 Å². The Morgan fingerprint density at radius 2 is 0.876 bits per heavy atom. The quantitative estimate of drug-likeness (QED) is 0.0206. The molecule has 1 saturated heterocycles. The molecule has 1 heterocycles. The van der Waals surface area contributed by atoms with Crippen LogP contribution in [0.2, 0.25) is 0 Å². The summed E-state index contributed by atoms with van der Waals surface area (Å²) in [6, 6.07) is -13.6. The predicted octanol–water partition coefficient (Wildman–Crippen LogP) is 3.70. The fraction of sp³-hybridized carbons (Fsp3) is 0.769. The minimum atomic E-state index is -1.90. The van der Waals surface area contributed by atoms with E-state index in [0.717, 1.165) is 19.6 Å². The van der Waals surface area contributed by atoms with Crippen molar-refractivity contribution in [2.45, 2.75) is 248 Å². The maximum Gasteiger partial charge on any atom is 0.511 e. The number of rotatable bonds is 33. The SMILES string of the molecule is C/C=C/C[C@@H](C)C(OC(=O)OCOC(=O)CCC(=O)OCCOCCOCCOC(=O)CCC(=O)O)C1C(=O)NC(CC)C(=O)N(C)CC(=O)N(C)[C@@H](CC(C)C)C(=O)NC(C(C)C)C(=O)N(C)C(CC(C)C)C(=O)NC(C)C(=O)NC(C)C(=O)N(C)C(CC(C)C)C(=O)N(C)C(CC(C)C)C(=O)N(C)C(C(C)C)C(=O)N1C. The van der Waals surface area contributed by atoms with Crippen molar-refractivity contribution in [1.82, 2.24) is 55.6 Å². The molecule has 1 rings (SSSR count). The normalized spacial score (nSPS) is 22.8. The molecule has 35 nitrogen and oxygen atoms in total. The molecule has 0 bridgehead atoms. The van der Waals surface area contributed by atoms with E-state index in [4.69, 9.17) is 38.3 Å². The van der Waals surface area contributed by atoms with Crippen LogP contribution in [-0.2, 0) is 105 Å². The van der Waals surface area contributed by atoms with Gasteiger partial charge in [0.2, 0.25) is 71.8 Å². The molecule has 0 aromatic rings. The summed E-state index contributed by atoms with van der Waals surface area (Å²) in [5.74, 6) is -15.3. The Balaban J connectivity index is 4.16. The van der Waals surface area contributed by atoms with Crippen molar-refractivity contribution in [3.05, 3.63) is 12.2 Å². The minimum absolute atomic E-state index is 0.0290. The highest BCUT2D eigenvalue weighted by Crippen LogP contribution is 2.28. The molecular weight excluding hydrogens is 1470 g/mol. The number of nitrogens with zero attached hydrogens (tertiary/aromatic N) is 7. The molecule has 1 aliphatic rings. The molecular formula is C78H133N11O24. The van der Waals surface area contributed by atoms with Gasteiger partial charge in [0.25, 0.3) is 0 Å². The van der Waals surface area contributed by atoms with Gasteiger partial charge in [0.05, 0.1) is 58.7 Å². The molecule has 0 spiro atoms. The largest absolute Gasteiger partial charge is 0.511 e. The van der Waals surface area contributed by atoms with E-state index in [9.17, 15) is 57.5 Å². The smallest absolute Gasteiger partial charge is 0.481 e. The Kier molecular flexibility index (Phi) is 46.0. The molecule has 35 heteroatoms. The van der Waals surface area contributed by atoms with Crippen molar-refractivity contribution in [2.24, 2.45) is 41.4 Å². The van der Waals surface area contributed by atoms with Crippen LogP contribution in [0.3, 0.4) is 0 Å². The third-order valence-electron chi connectivity index (χ3n) is 19.1. The minimum Gasteiger partial charge on any atom is -0.481 e.